The number of urea groups is 1. The van der Waals surface area contributed by atoms with Crippen LogP contribution in [-0.4, -0.2) is 23.9 Å². The molecule has 0 bridgehead atoms. The van der Waals surface area contributed by atoms with Crippen LogP contribution in [0.15, 0.2) is 12.1 Å². The van der Waals surface area contributed by atoms with Crippen LogP contribution in [0, 0.1) is 0 Å². The summed E-state index contributed by atoms with van der Waals surface area (Å²) in [6.45, 7) is 1.73. The first-order valence-corrected chi connectivity index (χ1v) is 6.41. The van der Waals surface area contributed by atoms with E-state index in [1.54, 1.807) is 19.1 Å². The Bertz CT molecular complexity index is 491. The highest BCUT2D eigenvalue weighted by atomic mass is 35.5. The fourth-order valence-electron chi connectivity index (χ4n) is 1.28. The largest absolute Gasteiger partial charge is 0.367 e. The van der Waals surface area contributed by atoms with Gasteiger partial charge in [0.1, 0.15) is 0 Å². The Morgan fingerprint density at radius 2 is 1.79 bits per heavy atom. The van der Waals surface area contributed by atoms with E-state index in [-0.39, 0.29) is 6.04 Å². The molecule has 0 saturated heterocycles. The van der Waals surface area contributed by atoms with Gasteiger partial charge in [-0.2, -0.15) is 0 Å². The molecule has 0 aliphatic heterocycles. The number of carbonyl (C=O) groups is 3. The fourth-order valence-corrected chi connectivity index (χ4v) is 2.35. The molecule has 9 heteroatoms. The van der Waals surface area contributed by atoms with E-state index < -0.39 is 23.9 Å². The first-order valence-electron chi connectivity index (χ1n) is 5.22. The molecule has 0 unspecified atom stereocenters. The monoisotopic (exact) mass is 304 g/mol. The number of carbonyl (C=O) groups excluding carboxylic acids is 3. The number of nitrogens with one attached hydrogen (secondary N) is 2. The van der Waals surface area contributed by atoms with Crippen LogP contribution in [0.1, 0.15) is 17.8 Å². The highest BCUT2D eigenvalue weighted by molar-refractivity contribution is 7.16. The second-order valence-corrected chi connectivity index (χ2v) is 5.47. The average molecular weight is 305 g/mol. The molecule has 104 valence electrons. The van der Waals surface area contributed by atoms with Gasteiger partial charge in [0.25, 0.3) is 0 Å². The molecule has 1 aromatic rings. The quantitative estimate of drug-likeness (QED) is 0.576. The maximum absolute atomic E-state index is 11.6. The minimum atomic E-state index is -1.54. The van der Waals surface area contributed by atoms with Gasteiger partial charge in [-0.15, -0.1) is 11.3 Å². The Kier molecular flexibility index (Phi) is 5.13. The van der Waals surface area contributed by atoms with E-state index in [2.05, 4.69) is 10.6 Å². The van der Waals surface area contributed by atoms with Crippen LogP contribution in [0.5, 0.6) is 0 Å². The molecule has 0 aliphatic carbocycles. The van der Waals surface area contributed by atoms with Crippen LogP contribution in [-0.2, 0) is 9.59 Å². The summed E-state index contributed by atoms with van der Waals surface area (Å²) in [4.78, 5) is 34.2. The van der Waals surface area contributed by atoms with Crippen LogP contribution in [0.4, 0.5) is 4.79 Å². The summed E-state index contributed by atoms with van der Waals surface area (Å²) >= 11 is 7.09. The molecule has 0 aromatic carbocycles. The lowest BCUT2D eigenvalue weighted by molar-refractivity contribution is -0.128. The van der Waals surface area contributed by atoms with Gasteiger partial charge >= 0.3 is 6.03 Å². The first-order chi connectivity index (χ1) is 8.81. The van der Waals surface area contributed by atoms with Crippen LogP contribution in [0.25, 0.3) is 0 Å². The molecule has 0 aliphatic rings. The van der Waals surface area contributed by atoms with Crippen molar-refractivity contribution in [2.75, 3.05) is 0 Å². The topological polar surface area (TPSA) is 127 Å². The first kappa shape index (κ1) is 15.3. The van der Waals surface area contributed by atoms with Crippen molar-refractivity contribution in [3.8, 4) is 0 Å². The maximum atomic E-state index is 11.6. The van der Waals surface area contributed by atoms with Crippen molar-refractivity contribution in [2.24, 2.45) is 11.5 Å². The number of hydrogen-bond donors (Lipinski definition) is 4. The van der Waals surface area contributed by atoms with E-state index in [1.165, 1.54) is 11.3 Å². The Balaban J connectivity index is 2.60. The molecular formula is C10H13ClN4O3S. The maximum Gasteiger partial charge on any atom is 0.316 e. The minimum Gasteiger partial charge on any atom is -0.367 e. The van der Waals surface area contributed by atoms with Gasteiger partial charge in [-0.05, 0) is 19.1 Å². The lowest BCUT2D eigenvalue weighted by atomic mass is 10.2. The zero-order valence-corrected chi connectivity index (χ0v) is 11.5. The summed E-state index contributed by atoms with van der Waals surface area (Å²) in [7, 11) is 0. The third kappa shape index (κ3) is 4.42. The summed E-state index contributed by atoms with van der Waals surface area (Å²) in [5.74, 6) is -2.04. The van der Waals surface area contributed by atoms with Crippen molar-refractivity contribution in [1.82, 2.24) is 10.6 Å². The van der Waals surface area contributed by atoms with E-state index >= 15 is 0 Å². The van der Waals surface area contributed by atoms with Crippen molar-refractivity contribution in [3.63, 3.8) is 0 Å². The summed E-state index contributed by atoms with van der Waals surface area (Å²) in [5, 5.41) is 4.63. The van der Waals surface area contributed by atoms with Gasteiger partial charge in [-0.1, -0.05) is 11.6 Å². The van der Waals surface area contributed by atoms with Crippen LogP contribution < -0.4 is 22.1 Å². The Morgan fingerprint density at radius 1 is 1.21 bits per heavy atom. The van der Waals surface area contributed by atoms with E-state index in [1.807, 2.05) is 0 Å². The van der Waals surface area contributed by atoms with E-state index in [0.717, 1.165) is 4.88 Å². The van der Waals surface area contributed by atoms with Crippen molar-refractivity contribution >= 4 is 40.8 Å². The van der Waals surface area contributed by atoms with Gasteiger partial charge in [-0.25, -0.2) is 4.79 Å². The molecule has 0 spiro atoms. The molecule has 7 nitrogen and oxygen atoms in total. The number of primary amides is 2. The minimum absolute atomic E-state index is 0.334. The van der Waals surface area contributed by atoms with Crippen LogP contribution >= 0.6 is 22.9 Å². The molecule has 19 heavy (non-hydrogen) atoms. The number of hydrogen-bond acceptors (Lipinski definition) is 4. The molecule has 1 heterocycles. The van der Waals surface area contributed by atoms with Gasteiger partial charge < -0.3 is 22.1 Å². The molecule has 1 aromatic heterocycles. The van der Waals surface area contributed by atoms with E-state index in [4.69, 9.17) is 23.1 Å². The van der Waals surface area contributed by atoms with Crippen molar-refractivity contribution in [2.45, 2.75) is 19.0 Å². The molecule has 0 saturated carbocycles. The smallest absolute Gasteiger partial charge is 0.316 e. The van der Waals surface area contributed by atoms with Gasteiger partial charge in [0, 0.05) is 4.88 Å². The third-order valence-electron chi connectivity index (χ3n) is 2.21. The van der Waals surface area contributed by atoms with Crippen molar-refractivity contribution in [1.29, 1.82) is 0 Å². The normalized spacial score (nSPS) is 11.9. The Labute approximate surface area is 118 Å². The molecule has 0 radical (unpaired) electrons. The Hall–Kier alpha value is -1.80. The number of thiophene rings is 1. The van der Waals surface area contributed by atoms with Gasteiger partial charge in [-0.3, -0.25) is 9.59 Å². The van der Waals surface area contributed by atoms with Crippen LogP contribution in [0.3, 0.4) is 0 Å². The number of rotatable bonds is 5. The van der Waals surface area contributed by atoms with Crippen molar-refractivity contribution in [3.05, 3.63) is 21.3 Å². The van der Waals surface area contributed by atoms with E-state index in [9.17, 15) is 14.4 Å². The molecule has 1 rings (SSSR count). The number of nitrogens with two attached hydrogens (primary N) is 2. The van der Waals surface area contributed by atoms with Gasteiger partial charge in [0.15, 0.2) is 6.04 Å². The predicted molar refractivity (Wildman–Crippen MR) is 71.6 cm³/mol. The standard InChI is InChI=1S/C10H13ClN4O3S/c1-4(5-2-3-6(11)19-5)14-10(18)15-7(8(12)16)9(13)17/h2-4,7H,1H3,(H2,12,16)(H2,13,17)(H2,14,15,18)/t4-/m0/s1. The van der Waals surface area contributed by atoms with Gasteiger partial charge in [0.05, 0.1) is 10.4 Å². The molecular weight excluding hydrogens is 292 g/mol. The summed E-state index contributed by atoms with van der Waals surface area (Å²) < 4.78 is 0.594. The SMILES string of the molecule is C[C@H](NC(=O)NC(C(N)=O)C(N)=O)c1ccc(Cl)s1. The van der Waals surface area contributed by atoms with Crippen LogP contribution in [0.2, 0.25) is 4.34 Å². The molecule has 0 fully saturated rings. The molecule has 6 N–H and O–H groups in total. The highest BCUT2D eigenvalue weighted by Gasteiger charge is 2.24. The number of halogens is 1. The zero-order chi connectivity index (χ0) is 14.6. The Morgan fingerprint density at radius 3 is 2.21 bits per heavy atom. The van der Waals surface area contributed by atoms with Gasteiger partial charge in [0.2, 0.25) is 11.8 Å². The predicted octanol–water partition coefficient (Wildman–Crippen LogP) is 0.101. The fraction of sp³-hybridized carbons (Fsp3) is 0.300. The highest BCUT2D eigenvalue weighted by Crippen LogP contribution is 2.26. The second-order valence-electron chi connectivity index (χ2n) is 3.72. The van der Waals surface area contributed by atoms with E-state index in [0.29, 0.717) is 4.34 Å². The van der Waals surface area contributed by atoms with Crippen molar-refractivity contribution < 1.29 is 14.4 Å². The molecule has 1 atom stereocenters. The summed E-state index contributed by atoms with van der Waals surface area (Å²) in [6.07, 6.45) is 0. The second kappa shape index (κ2) is 6.39. The molecule has 4 amide bonds. The average Bonchev–Trinajstić information content (AvgIpc) is 2.72. The summed E-state index contributed by atoms with van der Waals surface area (Å²) in [5.41, 5.74) is 9.87. The lowest BCUT2D eigenvalue weighted by Gasteiger charge is -2.16. The third-order valence-corrected chi connectivity index (χ3v) is 3.63. The lowest BCUT2D eigenvalue weighted by Crippen LogP contribution is -2.55. The summed E-state index contributed by atoms with van der Waals surface area (Å²) in [6, 6.07) is 0.864. The number of amides is 4. The zero-order valence-electron chi connectivity index (χ0n) is 9.98.